The van der Waals surface area contributed by atoms with E-state index in [-0.39, 0.29) is 35.4 Å². The molecule has 3 rings (SSSR count). The number of rotatable bonds is 5. The van der Waals surface area contributed by atoms with Crippen molar-refractivity contribution in [1.29, 1.82) is 0 Å². The molecular formula is C21H19F5O. The van der Waals surface area contributed by atoms with Gasteiger partial charge in [-0.2, -0.15) is 0 Å². The van der Waals surface area contributed by atoms with Crippen LogP contribution in [0.1, 0.15) is 35.6 Å². The molecule has 0 aromatic heterocycles. The molecule has 1 heterocycles. The molecule has 2 unspecified atom stereocenters. The second kappa shape index (κ2) is 8.21. The molecule has 1 aliphatic rings. The Morgan fingerprint density at radius 1 is 0.926 bits per heavy atom. The lowest BCUT2D eigenvalue weighted by molar-refractivity contribution is -0.00736. The third-order valence-electron chi connectivity index (χ3n) is 4.91. The van der Waals surface area contributed by atoms with E-state index in [1.807, 2.05) is 0 Å². The molecule has 2 atom stereocenters. The van der Waals surface area contributed by atoms with Crippen molar-refractivity contribution in [3.63, 3.8) is 0 Å². The smallest absolute Gasteiger partial charge is 0.194 e. The van der Waals surface area contributed by atoms with Gasteiger partial charge in [0.15, 0.2) is 29.1 Å². The molecule has 27 heavy (non-hydrogen) atoms. The summed E-state index contributed by atoms with van der Waals surface area (Å²) in [5, 5.41) is 0. The summed E-state index contributed by atoms with van der Waals surface area (Å²) in [5.41, 5.74) is 0.417. The van der Waals surface area contributed by atoms with E-state index in [1.165, 1.54) is 12.1 Å². The fraction of sp³-hybridized carbons (Fsp3) is 0.333. The van der Waals surface area contributed by atoms with E-state index in [4.69, 9.17) is 4.74 Å². The first-order chi connectivity index (χ1) is 12.9. The Bertz CT molecular complexity index is 818. The lowest BCUT2D eigenvalue weighted by atomic mass is 9.93. The summed E-state index contributed by atoms with van der Waals surface area (Å²) in [6, 6.07) is 4.64. The molecule has 1 fully saturated rings. The second-order valence-electron chi connectivity index (χ2n) is 6.71. The molecule has 1 saturated heterocycles. The Kier molecular flexibility index (Phi) is 5.95. The molecule has 0 amide bonds. The number of aryl methyl sites for hydroxylation is 2. The van der Waals surface area contributed by atoms with Gasteiger partial charge in [-0.3, -0.25) is 0 Å². The molecule has 0 aliphatic carbocycles. The molecule has 0 saturated carbocycles. The maximum atomic E-state index is 14.5. The fourth-order valence-electron chi connectivity index (χ4n) is 3.28. The summed E-state index contributed by atoms with van der Waals surface area (Å²) in [4.78, 5) is 0. The van der Waals surface area contributed by atoms with Crippen LogP contribution in [0.2, 0.25) is 0 Å². The van der Waals surface area contributed by atoms with Gasteiger partial charge in [-0.15, -0.1) is 6.58 Å². The number of hydrogen-bond donors (Lipinski definition) is 0. The topological polar surface area (TPSA) is 9.23 Å². The van der Waals surface area contributed by atoms with Crippen LogP contribution in [0.4, 0.5) is 22.0 Å². The Morgan fingerprint density at radius 2 is 1.63 bits per heavy atom. The van der Waals surface area contributed by atoms with Crippen molar-refractivity contribution in [2.45, 2.75) is 31.8 Å². The largest absolute Gasteiger partial charge is 0.373 e. The molecule has 0 bridgehead atoms. The van der Waals surface area contributed by atoms with Crippen molar-refractivity contribution in [3.8, 4) is 0 Å². The van der Waals surface area contributed by atoms with Crippen LogP contribution in [0.25, 0.3) is 0 Å². The van der Waals surface area contributed by atoms with E-state index in [2.05, 4.69) is 6.58 Å². The van der Waals surface area contributed by atoms with Gasteiger partial charge >= 0.3 is 0 Å². The Balaban J connectivity index is 1.73. The molecule has 6 heteroatoms. The minimum absolute atomic E-state index is 0.0254. The van der Waals surface area contributed by atoms with Gasteiger partial charge in [-0.25, -0.2) is 22.0 Å². The zero-order valence-corrected chi connectivity index (χ0v) is 14.6. The summed E-state index contributed by atoms with van der Waals surface area (Å²) in [6.45, 7) is 4.12. The van der Waals surface area contributed by atoms with E-state index in [0.717, 1.165) is 18.6 Å². The van der Waals surface area contributed by atoms with Crippen molar-refractivity contribution in [3.05, 3.63) is 82.7 Å². The first-order valence-electron chi connectivity index (χ1n) is 8.75. The Labute approximate surface area is 154 Å². The predicted octanol–water partition coefficient (Wildman–Crippen LogP) is 5.82. The van der Waals surface area contributed by atoms with E-state index in [1.54, 1.807) is 6.08 Å². The molecule has 2 aromatic carbocycles. The summed E-state index contributed by atoms with van der Waals surface area (Å²) < 4.78 is 74.0. The van der Waals surface area contributed by atoms with E-state index in [0.29, 0.717) is 13.0 Å². The molecule has 1 aliphatic heterocycles. The van der Waals surface area contributed by atoms with Gasteiger partial charge in [0.2, 0.25) is 0 Å². The van der Waals surface area contributed by atoms with Crippen LogP contribution in [0.3, 0.4) is 0 Å². The molecule has 144 valence electrons. The van der Waals surface area contributed by atoms with Crippen LogP contribution >= 0.6 is 0 Å². The van der Waals surface area contributed by atoms with Crippen LogP contribution in [0.5, 0.6) is 0 Å². The zero-order valence-electron chi connectivity index (χ0n) is 14.6. The summed E-state index contributed by atoms with van der Waals surface area (Å²) in [5.74, 6) is -5.91. The highest BCUT2D eigenvalue weighted by Crippen LogP contribution is 2.33. The van der Waals surface area contributed by atoms with Gasteiger partial charge in [-0.1, -0.05) is 18.2 Å². The standard InChI is InChI=1S/C21H19F5O/c1-2-12-4-8-18(27-11-12)15-7-6-14(19(24)20(15)25)5-3-13-9-16(22)21(26)17(23)10-13/h2,6-7,9-10,12,18H,1,3-5,8,11H2. The summed E-state index contributed by atoms with van der Waals surface area (Å²) in [6.07, 6.45) is 2.71. The van der Waals surface area contributed by atoms with E-state index in [9.17, 15) is 22.0 Å². The first kappa shape index (κ1) is 19.5. The van der Waals surface area contributed by atoms with Crippen molar-refractivity contribution in [1.82, 2.24) is 0 Å². The summed E-state index contributed by atoms with van der Waals surface area (Å²) >= 11 is 0. The number of halogens is 5. The highest BCUT2D eigenvalue weighted by molar-refractivity contribution is 5.30. The van der Waals surface area contributed by atoms with E-state index >= 15 is 0 Å². The van der Waals surface area contributed by atoms with E-state index < -0.39 is 35.2 Å². The van der Waals surface area contributed by atoms with Crippen LogP contribution in [0.15, 0.2) is 36.9 Å². The van der Waals surface area contributed by atoms with Crippen molar-refractivity contribution in [2.75, 3.05) is 6.61 Å². The number of benzene rings is 2. The minimum Gasteiger partial charge on any atom is -0.373 e. The maximum Gasteiger partial charge on any atom is 0.194 e. The normalized spacial score (nSPS) is 19.9. The minimum atomic E-state index is -1.55. The van der Waals surface area contributed by atoms with Gasteiger partial charge in [0.1, 0.15) is 0 Å². The molecule has 0 spiro atoms. The highest BCUT2D eigenvalue weighted by atomic mass is 19.2. The van der Waals surface area contributed by atoms with Gasteiger partial charge in [0, 0.05) is 11.5 Å². The van der Waals surface area contributed by atoms with Gasteiger partial charge in [0.05, 0.1) is 12.7 Å². The molecule has 0 N–H and O–H groups in total. The quantitative estimate of drug-likeness (QED) is 0.360. The molecule has 0 radical (unpaired) electrons. The van der Waals surface area contributed by atoms with Gasteiger partial charge < -0.3 is 4.74 Å². The second-order valence-corrected chi connectivity index (χ2v) is 6.71. The number of ether oxygens (including phenoxy) is 1. The van der Waals surface area contributed by atoms with Crippen LogP contribution in [-0.4, -0.2) is 6.61 Å². The number of hydrogen-bond acceptors (Lipinski definition) is 1. The van der Waals surface area contributed by atoms with Gasteiger partial charge in [-0.05, 0) is 48.9 Å². The third kappa shape index (κ3) is 4.21. The average molecular weight is 382 g/mol. The first-order valence-corrected chi connectivity index (χ1v) is 8.75. The SMILES string of the molecule is C=CC1CCC(c2ccc(CCc3cc(F)c(F)c(F)c3)c(F)c2F)OC1. The van der Waals surface area contributed by atoms with Crippen molar-refractivity contribution < 1.29 is 26.7 Å². The predicted molar refractivity (Wildman–Crippen MR) is 91.7 cm³/mol. The highest BCUT2D eigenvalue weighted by Gasteiger charge is 2.26. The van der Waals surface area contributed by atoms with Crippen LogP contribution in [-0.2, 0) is 17.6 Å². The summed E-state index contributed by atoms with van der Waals surface area (Å²) in [7, 11) is 0. The monoisotopic (exact) mass is 382 g/mol. The molecule has 1 nitrogen and oxygen atoms in total. The van der Waals surface area contributed by atoms with Crippen LogP contribution in [0, 0.1) is 35.0 Å². The Hall–Kier alpha value is -2.21. The lowest BCUT2D eigenvalue weighted by Crippen LogP contribution is -2.20. The maximum absolute atomic E-state index is 14.5. The van der Waals surface area contributed by atoms with Crippen molar-refractivity contribution in [2.24, 2.45) is 5.92 Å². The van der Waals surface area contributed by atoms with Gasteiger partial charge in [0.25, 0.3) is 0 Å². The zero-order chi connectivity index (χ0) is 19.6. The average Bonchev–Trinajstić information content (AvgIpc) is 2.67. The lowest BCUT2D eigenvalue weighted by Gasteiger charge is -2.28. The molecule has 2 aromatic rings. The molecular weight excluding hydrogens is 363 g/mol. The third-order valence-corrected chi connectivity index (χ3v) is 4.91. The Morgan fingerprint density at radius 3 is 2.22 bits per heavy atom. The fourth-order valence-corrected chi connectivity index (χ4v) is 3.28. The van der Waals surface area contributed by atoms with Crippen LogP contribution < -0.4 is 0 Å². The van der Waals surface area contributed by atoms with Crippen molar-refractivity contribution >= 4 is 0 Å².